The zero-order chi connectivity index (χ0) is 9.90. The van der Waals surface area contributed by atoms with Gasteiger partial charge in [0.15, 0.2) is 0 Å². The highest BCUT2D eigenvalue weighted by atomic mass is 16.5. The molecule has 74 valence electrons. The zero-order valence-corrected chi connectivity index (χ0v) is 8.17. The van der Waals surface area contributed by atoms with E-state index < -0.39 is 11.6 Å². The van der Waals surface area contributed by atoms with Crippen LogP contribution in [0.3, 0.4) is 0 Å². The van der Waals surface area contributed by atoms with Gasteiger partial charge in [-0.1, -0.05) is 13.8 Å². The summed E-state index contributed by atoms with van der Waals surface area (Å²) in [4.78, 5) is 10.9. The maximum absolute atomic E-state index is 10.9. The summed E-state index contributed by atoms with van der Waals surface area (Å²) in [6.45, 7) is 3.90. The molecule has 0 aromatic carbocycles. The van der Waals surface area contributed by atoms with Gasteiger partial charge in [0.2, 0.25) is 5.60 Å². The Morgan fingerprint density at radius 2 is 2.38 bits per heavy atom. The number of allylic oxidation sites excluding steroid dienone is 1. The van der Waals surface area contributed by atoms with Crippen molar-refractivity contribution in [3.63, 3.8) is 0 Å². The third-order valence-electron chi connectivity index (χ3n) is 2.72. The van der Waals surface area contributed by atoms with E-state index in [1.165, 1.54) is 5.57 Å². The fourth-order valence-corrected chi connectivity index (χ4v) is 1.51. The number of rotatable bonds is 3. The van der Waals surface area contributed by atoms with Crippen molar-refractivity contribution in [1.29, 1.82) is 0 Å². The minimum atomic E-state index is -0.960. The van der Waals surface area contributed by atoms with Crippen molar-refractivity contribution in [2.24, 2.45) is 0 Å². The third kappa shape index (κ3) is 1.85. The van der Waals surface area contributed by atoms with Gasteiger partial charge in [-0.3, -0.25) is 0 Å². The number of hydrogen-bond acceptors (Lipinski definition) is 2. The predicted molar refractivity (Wildman–Crippen MR) is 49.4 cm³/mol. The minimum Gasteiger partial charge on any atom is -0.483 e. The van der Waals surface area contributed by atoms with Gasteiger partial charge in [-0.05, 0) is 24.8 Å². The monoisotopic (exact) mass is 184 g/mol. The van der Waals surface area contributed by atoms with Crippen LogP contribution in [0.1, 0.15) is 39.5 Å². The minimum absolute atomic E-state index is 0.524. The molecule has 1 heterocycles. The molecule has 0 aromatic rings. The number of aliphatic carboxylic acids is 1. The lowest BCUT2D eigenvalue weighted by Crippen LogP contribution is -2.41. The Balaban J connectivity index is 2.74. The Morgan fingerprint density at radius 1 is 1.69 bits per heavy atom. The lowest BCUT2D eigenvalue weighted by Gasteiger charge is -2.31. The van der Waals surface area contributed by atoms with Crippen LogP contribution in [0.4, 0.5) is 0 Å². The third-order valence-corrected chi connectivity index (χ3v) is 2.72. The van der Waals surface area contributed by atoms with Crippen molar-refractivity contribution >= 4 is 5.97 Å². The molecule has 0 saturated carbocycles. The topological polar surface area (TPSA) is 46.5 Å². The number of ether oxygens (including phenoxy) is 1. The molecule has 1 N–H and O–H groups in total. The highest BCUT2D eigenvalue weighted by Gasteiger charge is 2.39. The maximum Gasteiger partial charge on any atom is 0.348 e. The van der Waals surface area contributed by atoms with Crippen LogP contribution in [0.2, 0.25) is 0 Å². The van der Waals surface area contributed by atoms with Gasteiger partial charge in [-0.2, -0.15) is 0 Å². The van der Waals surface area contributed by atoms with Crippen molar-refractivity contribution in [2.45, 2.75) is 45.1 Å². The van der Waals surface area contributed by atoms with Gasteiger partial charge in [0.1, 0.15) is 0 Å². The number of hydrogen-bond donors (Lipinski definition) is 1. The Morgan fingerprint density at radius 3 is 2.69 bits per heavy atom. The second-order valence-corrected chi connectivity index (χ2v) is 3.40. The van der Waals surface area contributed by atoms with Gasteiger partial charge in [0.05, 0.1) is 6.26 Å². The molecular weight excluding hydrogens is 168 g/mol. The molecule has 0 aromatic heterocycles. The van der Waals surface area contributed by atoms with Crippen LogP contribution in [-0.4, -0.2) is 16.7 Å². The van der Waals surface area contributed by atoms with Crippen molar-refractivity contribution in [2.75, 3.05) is 0 Å². The van der Waals surface area contributed by atoms with Gasteiger partial charge < -0.3 is 9.84 Å². The van der Waals surface area contributed by atoms with Crippen molar-refractivity contribution < 1.29 is 14.6 Å². The first-order valence-corrected chi connectivity index (χ1v) is 4.73. The maximum atomic E-state index is 10.9. The highest BCUT2D eigenvalue weighted by molar-refractivity contribution is 5.77. The molecule has 1 unspecified atom stereocenters. The molecule has 3 nitrogen and oxygen atoms in total. The first kappa shape index (κ1) is 10.1. The molecule has 1 aliphatic heterocycles. The summed E-state index contributed by atoms with van der Waals surface area (Å²) in [5, 5.41) is 8.99. The average molecular weight is 184 g/mol. The van der Waals surface area contributed by atoms with Crippen LogP contribution in [0.25, 0.3) is 0 Å². The fourth-order valence-electron chi connectivity index (χ4n) is 1.51. The van der Waals surface area contributed by atoms with Crippen LogP contribution in [0.15, 0.2) is 11.8 Å². The largest absolute Gasteiger partial charge is 0.483 e. The van der Waals surface area contributed by atoms with Crippen molar-refractivity contribution in [1.82, 2.24) is 0 Å². The van der Waals surface area contributed by atoms with E-state index in [2.05, 4.69) is 6.92 Å². The molecule has 1 rings (SSSR count). The zero-order valence-electron chi connectivity index (χ0n) is 8.17. The Hall–Kier alpha value is -0.990. The Labute approximate surface area is 78.4 Å². The molecule has 0 radical (unpaired) electrons. The Kier molecular flexibility index (Phi) is 2.96. The second-order valence-electron chi connectivity index (χ2n) is 3.40. The second kappa shape index (κ2) is 3.81. The van der Waals surface area contributed by atoms with Crippen LogP contribution < -0.4 is 0 Å². The van der Waals surface area contributed by atoms with E-state index in [-0.39, 0.29) is 0 Å². The van der Waals surface area contributed by atoms with Crippen molar-refractivity contribution in [3.8, 4) is 0 Å². The summed E-state index contributed by atoms with van der Waals surface area (Å²) < 4.78 is 5.32. The molecule has 0 fully saturated rings. The summed E-state index contributed by atoms with van der Waals surface area (Å²) >= 11 is 0. The molecule has 0 aliphatic carbocycles. The van der Waals surface area contributed by atoms with Gasteiger partial charge in [-0.15, -0.1) is 0 Å². The SMILES string of the molecule is CCC1=COC(CC)(C(=O)O)CC1. The standard InChI is InChI=1S/C10H16O3/c1-3-8-5-6-10(4-2,9(11)12)13-7-8/h7H,3-6H2,1-2H3,(H,11,12). The molecule has 0 bridgehead atoms. The molecule has 3 heteroatoms. The summed E-state index contributed by atoms with van der Waals surface area (Å²) in [6, 6.07) is 0. The molecule has 0 spiro atoms. The smallest absolute Gasteiger partial charge is 0.348 e. The lowest BCUT2D eigenvalue weighted by molar-refractivity contribution is -0.161. The van der Waals surface area contributed by atoms with Gasteiger partial charge >= 0.3 is 5.97 Å². The van der Waals surface area contributed by atoms with Crippen LogP contribution in [0, 0.1) is 0 Å². The van der Waals surface area contributed by atoms with Gasteiger partial charge in [-0.25, -0.2) is 4.79 Å². The van der Waals surface area contributed by atoms with E-state index in [4.69, 9.17) is 9.84 Å². The molecule has 0 amide bonds. The van der Waals surface area contributed by atoms with E-state index in [1.807, 2.05) is 6.92 Å². The fraction of sp³-hybridized carbons (Fsp3) is 0.700. The van der Waals surface area contributed by atoms with E-state index in [9.17, 15) is 4.79 Å². The first-order valence-electron chi connectivity index (χ1n) is 4.73. The van der Waals surface area contributed by atoms with E-state index >= 15 is 0 Å². The summed E-state index contributed by atoms with van der Waals surface area (Å²) in [7, 11) is 0. The van der Waals surface area contributed by atoms with Gasteiger partial charge in [0.25, 0.3) is 0 Å². The molecule has 1 atom stereocenters. The molecule has 13 heavy (non-hydrogen) atoms. The predicted octanol–water partition coefficient (Wildman–Crippen LogP) is 2.32. The van der Waals surface area contributed by atoms with Crippen LogP contribution in [0.5, 0.6) is 0 Å². The molecule has 0 saturated heterocycles. The normalized spacial score (nSPS) is 27.7. The summed E-state index contributed by atoms with van der Waals surface area (Å²) in [5.74, 6) is -0.846. The summed E-state index contributed by atoms with van der Waals surface area (Å²) in [6.07, 6.45) is 4.53. The van der Waals surface area contributed by atoms with E-state index in [0.29, 0.717) is 12.8 Å². The van der Waals surface area contributed by atoms with E-state index in [0.717, 1.165) is 12.8 Å². The number of carboxylic acids is 1. The van der Waals surface area contributed by atoms with Crippen LogP contribution >= 0.6 is 0 Å². The average Bonchev–Trinajstić information content (AvgIpc) is 2.17. The number of carboxylic acid groups (broad SMARTS) is 1. The van der Waals surface area contributed by atoms with Crippen LogP contribution in [-0.2, 0) is 9.53 Å². The molecule has 1 aliphatic rings. The Bertz CT molecular complexity index is 232. The molecular formula is C10H16O3. The highest BCUT2D eigenvalue weighted by Crippen LogP contribution is 2.31. The van der Waals surface area contributed by atoms with Crippen molar-refractivity contribution in [3.05, 3.63) is 11.8 Å². The summed E-state index contributed by atoms with van der Waals surface area (Å²) in [5.41, 5.74) is 0.240. The first-order chi connectivity index (χ1) is 6.14. The lowest BCUT2D eigenvalue weighted by atomic mass is 9.90. The quantitative estimate of drug-likeness (QED) is 0.732. The number of carbonyl (C=O) groups is 1. The van der Waals surface area contributed by atoms with E-state index in [1.54, 1.807) is 6.26 Å². The van der Waals surface area contributed by atoms with Gasteiger partial charge in [0, 0.05) is 6.42 Å².